The maximum atomic E-state index is 12.4. The first-order chi connectivity index (χ1) is 10.8. The SMILES string of the molecule is CCCCCNC(=NC)NCC(=O)N1CCc2ccccc21. The minimum absolute atomic E-state index is 0.0847. The van der Waals surface area contributed by atoms with E-state index in [9.17, 15) is 4.79 Å². The Morgan fingerprint density at radius 2 is 2.09 bits per heavy atom. The van der Waals surface area contributed by atoms with Crippen LogP contribution in [0.4, 0.5) is 5.69 Å². The molecule has 0 radical (unpaired) electrons. The molecule has 0 bridgehead atoms. The fourth-order valence-electron chi connectivity index (χ4n) is 2.65. The summed E-state index contributed by atoms with van der Waals surface area (Å²) in [6, 6.07) is 8.10. The van der Waals surface area contributed by atoms with Crippen molar-refractivity contribution in [3.05, 3.63) is 29.8 Å². The molecule has 0 fully saturated rings. The molecule has 0 aliphatic carbocycles. The van der Waals surface area contributed by atoms with Crippen LogP contribution in [0.3, 0.4) is 0 Å². The summed E-state index contributed by atoms with van der Waals surface area (Å²) in [6.07, 6.45) is 4.45. The summed E-state index contributed by atoms with van der Waals surface area (Å²) < 4.78 is 0. The molecule has 0 atom stereocenters. The molecule has 1 heterocycles. The van der Waals surface area contributed by atoms with Crippen LogP contribution >= 0.6 is 0 Å². The number of unbranched alkanes of at least 4 members (excludes halogenated alkanes) is 2. The van der Waals surface area contributed by atoms with E-state index in [1.54, 1.807) is 7.05 Å². The molecule has 0 unspecified atom stereocenters. The van der Waals surface area contributed by atoms with E-state index in [-0.39, 0.29) is 12.5 Å². The first-order valence-electron chi connectivity index (χ1n) is 8.09. The summed E-state index contributed by atoms with van der Waals surface area (Å²) in [5, 5.41) is 6.34. The molecule has 120 valence electrons. The van der Waals surface area contributed by atoms with Crippen molar-refractivity contribution >= 4 is 17.6 Å². The molecule has 22 heavy (non-hydrogen) atoms. The number of fused-ring (bicyclic) bond motifs is 1. The van der Waals surface area contributed by atoms with E-state index in [0.717, 1.165) is 31.6 Å². The van der Waals surface area contributed by atoms with Crippen LogP contribution in [0, 0.1) is 0 Å². The lowest BCUT2D eigenvalue weighted by atomic mass is 10.2. The normalized spacial score (nSPS) is 13.9. The fourth-order valence-corrected chi connectivity index (χ4v) is 2.65. The number of hydrogen-bond donors (Lipinski definition) is 2. The minimum atomic E-state index is 0.0847. The van der Waals surface area contributed by atoms with Crippen LogP contribution in [0.1, 0.15) is 31.7 Å². The van der Waals surface area contributed by atoms with Gasteiger partial charge >= 0.3 is 0 Å². The number of carbonyl (C=O) groups is 1. The number of aliphatic imine (C=N–C) groups is 1. The molecule has 5 nitrogen and oxygen atoms in total. The van der Waals surface area contributed by atoms with E-state index < -0.39 is 0 Å². The second-order valence-electron chi connectivity index (χ2n) is 5.48. The Morgan fingerprint density at radius 1 is 1.27 bits per heavy atom. The molecule has 2 N–H and O–H groups in total. The second-order valence-corrected chi connectivity index (χ2v) is 5.48. The average molecular weight is 302 g/mol. The number of rotatable bonds is 6. The molecule has 1 aromatic rings. The second kappa shape index (κ2) is 8.41. The first kappa shape index (κ1) is 16.3. The van der Waals surface area contributed by atoms with Crippen LogP contribution in [0.15, 0.2) is 29.3 Å². The first-order valence-corrected chi connectivity index (χ1v) is 8.09. The molecule has 0 aromatic heterocycles. The Bertz CT molecular complexity index is 527. The van der Waals surface area contributed by atoms with E-state index in [2.05, 4.69) is 28.6 Å². The predicted octanol–water partition coefficient (Wildman–Crippen LogP) is 1.93. The highest BCUT2D eigenvalue weighted by atomic mass is 16.2. The maximum absolute atomic E-state index is 12.4. The van der Waals surface area contributed by atoms with Crippen LogP contribution in [0.5, 0.6) is 0 Å². The smallest absolute Gasteiger partial charge is 0.246 e. The zero-order valence-electron chi connectivity index (χ0n) is 13.6. The summed E-state index contributed by atoms with van der Waals surface area (Å²) in [5.41, 5.74) is 2.29. The summed E-state index contributed by atoms with van der Waals surface area (Å²) >= 11 is 0. The number of anilines is 1. The highest BCUT2D eigenvalue weighted by Crippen LogP contribution is 2.27. The molecule has 0 saturated heterocycles. The van der Waals surface area contributed by atoms with Crippen molar-refractivity contribution in [2.75, 3.05) is 31.6 Å². The van der Waals surface area contributed by atoms with Crippen molar-refractivity contribution in [1.29, 1.82) is 0 Å². The Kier molecular flexibility index (Phi) is 6.25. The Balaban J connectivity index is 1.80. The number of amides is 1. The largest absolute Gasteiger partial charge is 0.356 e. The van der Waals surface area contributed by atoms with Gasteiger partial charge in [0.25, 0.3) is 0 Å². The highest BCUT2D eigenvalue weighted by Gasteiger charge is 2.23. The summed E-state index contributed by atoms with van der Waals surface area (Å²) in [5.74, 6) is 0.776. The summed E-state index contributed by atoms with van der Waals surface area (Å²) in [4.78, 5) is 18.4. The van der Waals surface area contributed by atoms with Crippen molar-refractivity contribution in [1.82, 2.24) is 10.6 Å². The van der Waals surface area contributed by atoms with Gasteiger partial charge in [-0.3, -0.25) is 9.79 Å². The van der Waals surface area contributed by atoms with Gasteiger partial charge in [-0.15, -0.1) is 0 Å². The standard InChI is InChI=1S/C17H26N4O/c1-3-4-7-11-19-17(18-2)20-13-16(22)21-12-10-14-8-5-6-9-15(14)21/h5-6,8-9H,3-4,7,10-13H2,1-2H3,(H2,18,19,20). The van der Waals surface area contributed by atoms with Crippen LogP contribution < -0.4 is 15.5 Å². The molecule has 2 rings (SSSR count). The van der Waals surface area contributed by atoms with Crippen molar-refractivity contribution in [2.45, 2.75) is 32.6 Å². The predicted molar refractivity (Wildman–Crippen MR) is 91.4 cm³/mol. The zero-order valence-corrected chi connectivity index (χ0v) is 13.6. The highest BCUT2D eigenvalue weighted by molar-refractivity contribution is 5.98. The lowest BCUT2D eigenvalue weighted by molar-refractivity contribution is -0.117. The average Bonchev–Trinajstić information content (AvgIpc) is 2.98. The number of nitrogens with one attached hydrogen (secondary N) is 2. The topological polar surface area (TPSA) is 56.7 Å². The van der Waals surface area contributed by atoms with Crippen LogP contribution in [0.25, 0.3) is 0 Å². The van der Waals surface area contributed by atoms with Crippen LogP contribution in [-0.2, 0) is 11.2 Å². The van der Waals surface area contributed by atoms with E-state index in [4.69, 9.17) is 0 Å². The summed E-state index contributed by atoms with van der Waals surface area (Å²) in [7, 11) is 1.73. The third kappa shape index (κ3) is 4.23. The molecular formula is C17H26N4O. The number of hydrogen-bond acceptors (Lipinski definition) is 2. The molecular weight excluding hydrogens is 276 g/mol. The van der Waals surface area contributed by atoms with Gasteiger partial charge in [-0.1, -0.05) is 38.0 Å². The fraction of sp³-hybridized carbons (Fsp3) is 0.529. The third-order valence-electron chi connectivity index (χ3n) is 3.89. The van der Waals surface area contributed by atoms with Crippen molar-refractivity contribution in [2.24, 2.45) is 4.99 Å². The molecule has 1 amide bonds. The van der Waals surface area contributed by atoms with Crippen LogP contribution in [-0.4, -0.2) is 38.5 Å². The van der Waals surface area contributed by atoms with Crippen molar-refractivity contribution in [3.8, 4) is 0 Å². The van der Waals surface area contributed by atoms with Gasteiger partial charge < -0.3 is 15.5 Å². The maximum Gasteiger partial charge on any atom is 0.246 e. The Morgan fingerprint density at radius 3 is 2.86 bits per heavy atom. The Hall–Kier alpha value is -2.04. The zero-order chi connectivity index (χ0) is 15.8. The number of guanidine groups is 1. The van der Waals surface area contributed by atoms with E-state index in [1.807, 2.05) is 23.1 Å². The lowest BCUT2D eigenvalue weighted by Gasteiger charge is -2.18. The monoisotopic (exact) mass is 302 g/mol. The third-order valence-corrected chi connectivity index (χ3v) is 3.89. The van der Waals surface area contributed by atoms with Gasteiger partial charge in [0, 0.05) is 25.8 Å². The molecule has 0 saturated carbocycles. The van der Waals surface area contributed by atoms with Gasteiger partial charge in [-0.25, -0.2) is 0 Å². The Labute approximate surface area is 132 Å². The minimum Gasteiger partial charge on any atom is -0.356 e. The van der Waals surface area contributed by atoms with E-state index >= 15 is 0 Å². The van der Waals surface area contributed by atoms with Gasteiger partial charge in [-0.05, 0) is 24.5 Å². The molecule has 1 aromatic carbocycles. The number of nitrogens with zero attached hydrogens (tertiary/aromatic N) is 2. The van der Waals surface area contributed by atoms with Gasteiger partial charge in [0.05, 0.1) is 6.54 Å². The molecule has 5 heteroatoms. The molecule has 1 aliphatic heterocycles. The van der Waals surface area contributed by atoms with Gasteiger partial charge in [0.2, 0.25) is 5.91 Å². The van der Waals surface area contributed by atoms with Crippen LogP contribution in [0.2, 0.25) is 0 Å². The van der Waals surface area contributed by atoms with Gasteiger partial charge in [0.15, 0.2) is 5.96 Å². The van der Waals surface area contributed by atoms with Crippen molar-refractivity contribution < 1.29 is 4.79 Å². The van der Waals surface area contributed by atoms with Gasteiger partial charge in [-0.2, -0.15) is 0 Å². The molecule has 1 aliphatic rings. The van der Waals surface area contributed by atoms with Crippen molar-refractivity contribution in [3.63, 3.8) is 0 Å². The lowest BCUT2D eigenvalue weighted by Crippen LogP contribution is -2.44. The number of para-hydroxylation sites is 1. The summed E-state index contributed by atoms with van der Waals surface area (Å²) in [6.45, 7) is 4.10. The van der Waals surface area contributed by atoms with E-state index in [0.29, 0.717) is 5.96 Å². The number of benzene rings is 1. The quantitative estimate of drug-likeness (QED) is 0.479. The van der Waals surface area contributed by atoms with E-state index in [1.165, 1.54) is 18.4 Å². The number of carbonyl (C=O) groups excluding carboxylic acids is 1. The molecule has 0 spiro atoms. The van der Waals surface area contributed by atoms with Gasteiger partial charge in [0.1, 0.15) is 0 Å².